The minimum absolute atomic E-state index is 0.426. The molecule has 0 aliphatic rings. The number of methoxy groups -OCH3 is 2. The second-order valence-corrected chi connectivity index (χ2v) is 5.81. The van der Waals surface area contributed by atoms with Crippen molar-refractivity contribution in [2.24, 2.45) is 12.2 Å². The van der Waals surface area contributed by atoms with Gasteiger partial charge in [0.1, 0.15) is 11.2 Å². The average Bonchev–Trinajstić information content (AvgIpc) is 3.22. The molecule has 132 valence electrons. The topological polar surface area (TPSA) is 97.6 Å². The molecule has 0 atom stereocenters. The molecule has 0 saturated carbocycles. The largest absolute Gasteiger partial charge is 0.491 e. The molecule has 0 bridgehead atoms. The summed E-state index contributed by atoms with van der Waals surface area (Å²) in [7, 11) is 5.10. The van der Waals surface area contributed by atoms with Crippen LogP contribution in [-0.4, -0.2) is 45.2 Å². The third kappa shape index (κ3) is 2.34. The molecule has 0 radical (unpaired) electrons. The Morgan fingerprint density at radius 2 is 2.12 bits per heavy atom. The Morgan fingerprint density at radius 3 is 2.85 bits per heavy atom. The molecular formula is C18H17N5O3. The lowest BCUT2D eigenvalue weighted by Gasteiger charge is -2.07. The highest BCUT2D eigenvalue weighted by Gasteiger charge is 2.17. The summed E-state index contributed by atoms with van der Waals surface area (Å²) in [5, 5.41) is 12.8. The SMILES string of the molecule is COc1cc2c(nc1OC)c(-c1cc3c(/C=N/O)ccnc3[nH]1)cn2C. The summed E-state index contributed by atoms with van der Waals surface area (Å²) in [5.41, 5.74) is 4.95. The number of hydrogen-bond donors (Lipinski definition) is 2. The van der Waals surface area contributed by atoms with Crippen LogP contribution in [0.25, 0.3) is 33.3 Å². The highest BCUT2D eigenvalue weighted by Crippen LogP contribution is 2.36. The average molecular weight is 351 g/mol. The van der Waals surface area contributed by atoms with Crippen LogP contribution in [-0.2, 0) is 7.05 Å². The normalized spacial score (nSPS) is 11.7. The first kappa shape index (κ1) is 15.9. The number of oxime groups is 1. The second kappa shape index (κ2) is 6.07. The minimum Gasteiger partial charge on any atom is -0.491 e. The van der Waals surface area contributed by atoms with E-state index in [4.69, 9.17) is 14.7 Å². The van der Waals surface area contributed by atoms with Crippen molar-refractivity contribution < 1.29 is 14.7 Å². The molecule has 4 rings (SSSR count). The summed E-state index contributed by atoms with van der Waals surface area (Å²) >= 11 is 0. The molecule has 0 amide bonds. The predicted octanol–water partition coefficient (Wildman–Crippen LogP) is 2.94. The molecule has 2 N–H and O–H groups in total. The van der Waals surface area contributed by atoms with Gasteiger partial charge in [0.2, 0.25) is 0 Å². The number of nitrogens with zero attached hydrogens (tertiary/aromatic N) is 4. The maximum absolute atomic E-state index is 8.85. The van der Waals surface area contributed by atoms with Gasteiger partial charge < -0.3 is 24.2 Å². The lowest BCUT2D eigenvalue weighted by Crippen LogP contribution is -1.95. The molecular weight excluding hydrogens is 334 g/mol. The smallest absolute Gasteiger partial charge is 0.257 e. The molecule has 0 fully saturated rings. The molecule has 0 aliphatic carbocycles. The van der Waals surface area contributed by atoms with Crippen LogP contribution in [0.4, 0.5) is 0 Å². The van der Waals surface area contributed by atoms with E-state index in [9.17, 15) is 0 Å². The van der Waals surface area contributed by atoms with Crippen molar-refractivity contribution in [2.75, 3.05) is 14.2 Å². The fourth-order valence-electron chi connectivity index (χ4n) is 3.12. The van der Waals surface area contributed by atoms with Gasteiger partial charge in [-0.3, -0.25) is 0 Å². The van der Waals surface area contributed by atoms with Crippen molar-refractivity contribution in [3.05, 3.63) is 36.2 Å². The van der Waals surface area contributed by atoms with E-state index >= 15 is 0 Å². The molecule has 4 heterocycles. The molecule has 26 heavy (non-hydrogen) atoms. The van der Waals surface area contributed by atoms with E-state index in [1.807, 2.05) is 29.9 Å². The molecule has 0 aromatic carbocycles. The predicted molar refractivity (Wildman–Crippen MR) is 98.3 cm³/mol. The monoisotopic (exact) mass is 351 g/mol. The van der Waals surface area contributed by atoms with Gasteiger partial charge in [-0.05, 0) is 12.1 Å². The Bertz CT molecular complexity index is 1140. The number of fused-ring (bicyclic) bond motifs is 2. The summed E-state index contributed by atoms with van der Waals surface area (Å²) in [6.45, 7) is 0. The van der Waals surface area contributed by atoms with Gasteiger partial charge in [0.15, 0.2) is 5.75 Å². The molecule has 0 spiro atoms. The summed E-state index contributed by atoms with van der Waals surface area (Å²) < 4.78 is 12.7. The Labute approximate surface area is 148 Å². The summed E-state index contributed by atoms with van der Waals surface area (Å²) in [5.74, 6) is 1.00. The molecule has 0 unspecified atom stereocenters. The van der Waals surface area contributed by atoms with Crippen LogP contribution in [0.5, 0.6) is 11.6 Å². The zero-order chi connectivity index (χ0) is 18.3. The third-order valence-electron chi connectivity index (χ3n) is 4.36. The Kier molecular flexibility index (Phi) is 3.72. The van der Waals surface area contributed by atoms with Crippen molar-refractivity contribution in [1.29, 1.82) is 0 Å². The molecule has 8 heteroatoms. The second-order valence-electron chi connectivity index (χ2n) is 5.81. The zero-order valence-electron chi connectivity index (χ0n) is 14.5. The summed E-state index contributed by atoms with van der Waals surface area (Å²) in [4.78, 5) is 12.3. The minimum atomic E-state index is 0.426. The molecule has 4 aromatic rings. The first-order valence-electron chi connectivity index (χ1n) is 7.90. The fraction of sp³-hybridized carbons (Fsp3) is 0.167. The van der Waals surface area contributed by atoms with Crippen molar-refractivity contribution in [3.63, 3.8) is 0 Å². The van der Waals surface area contributed by atoms with Gasteiger partial charge in [-0.25, -0.2) is 9.97 Å². The van der Waals surface area contributed by atoms with Crippen LogP contribution in [0.3, 0.4) is 0 Å². The van der Waals surface area contributed by atoms with Crippen molar-refractivity contribution in [1.82, 2.24) is 19.5 Å². The van der Waals surface area contributed by atoms with Gasteiger partial charge in [-0.2, -0.15) is 0 Å². The lowest BCUT2D eigenvalue weighted by atomic mass is 10.1. The number of hydrogen-bond acceptors (Lipinski definition) is 6. The van der Waals surface area contributed by atoms with Crippen molar-refractivity contribution in [2.45, 2.75) is 0 Å². The van der Waals surface area contributed by atoms with Crippen LogP contribution < -0.4 is 9.47 Å². The molecule has 4 aromatic heterocycles. The number of H-pyrrole nitrogens is 1. The highest BCUT2D eigenvalue weighted by atomic mass is 16.5. The van der Waals surface area contributed by atoms with E-state index in [0.717, 1.165) is 33.2 Å². The number of aryl methyl sites for hydroxylation is 1. The first-order valence-corrected chi connectivity index (χ1v) is 7.90. The van der Waals surface area contributed by atoms with E-state index in [2.05, 4.69) is 20.1 Å². The molecule has 8 nitrogen and oxygen atoms in total. The van der Waals surface area contributed by atoms with Gasteiger partial charge in [0, 0.05) is 42.0 Å². The molecule has 0 saturated heterocycles. The number of aromatic nitrogens is 4. The zero-order valence-corrected chi connectivity index (χ0v) is 14.5. The van der Waals surface area contributed by atoms with Crippen LogP contribution in [0.2, 0.25) is 0 Å². The maximum Gasteiger partial charge on any atom is 0.257 e. The number of ether oxygens (including phenoxy) is 2. The Hall–Kier alpha value is -3.55. The summed E-state index contributed by atoms with van der Waals surface area (Å²) in [6, 6.07) is 5.65. The van der Waals surface area contributed by atoms with E-state index in [0.29, 0.717) is 17.3 Å². The van der Waals surface area contributed by atoms with E-state index in [1.54, 1.807) is 26.5 Å². The van der Waals surface area contributed by atoms with Gasteiger partial charge in [-0.1, -0.05) is 5.16 Å². The number of rotatable bonds is 4. The summed E-state index contributed by atoms with van der Waals surface area (Å²) in [6.07, 6.45) is 5.03. The number of nitrogens with one attached hydrogen (secondary N) is 1. The van der Waals surface area contributed by atoms with Crippen LogP contribution in [0.1, 0.15) is 5.56 Å². The number of pyridine rings is 2. The van der Waals surface area contributed by atoms with E-state index in [-0.39, 0.29) is 0 Å². The van der Waals surface area contributed by atoms with Gasteiger partial charge >= 0.3 is 0 Å². The first-order chi connectivity index (χ1) is 12.7. The lowest BCUT2D eigenvalue weighted by molar-refractivity contribution is 0.322. The highest BCUT2D eigenvalue weighted by molar-refractivity contribution is 6.01. The third-order valence-corrected chi connectivity index (χ3v) is 4.36. The van der Waals surface area contributed by atoms with Crippen LogP contribution >= 0.6 is 0 Å². The maximum atomic E-state index is 8.85. The van der Waals surface area contributed by atoms with E-state index in [1.165, 1.54) is 6.21 Å². The van der Waals surface area contributed by atoms with Gasteiger partial charge in [-0.15, -0.1) is 0 Å². The molecule has 0 aliphatic heterocycles. The number of aromatic amines is 1. The Balaban J connectivity index is 1.97. The fourth-order valence-corrected chi connectivity index (χ4v) is 3.12. The quantitative estimate of drug-likeness (QED) is 0.335. The van der Waals surface area contributed by atoms with Crippen LogP contribution in [0, 0.1) is 0 Å². The van der Waals surface area contributed by atoms with Crippen molar-refractivity contribution in [3.8, 4) is 22.9 Å². The van der Waals surface area contributed by atoms with E-state index < -0.39 is 0 Å². The Morgan fingerprint density at radius 1 is 1.27 bits per heavy atom. The van der Waals surface area contributed by atoms with Gasteiger partial charge in [0.05, 0.1) is 31.6 Å². The van der Waals surface area contributed by atoms with Crippen LogP contribution in [0.15, 0.2) is 35.7 Å². The van der Waals surface area contributed by atoms with Crippen molar-refractivity contribution >= 4 is 28.3 Å². The van der Waals surface area contributed by atoms with Gasteiger partial charge in [0.25, 0.3) is 5.88 Å². The standard InChI is InChI=1S/C18H17N5O3/c1-23-9-12(16-14(23)7-15(25-2)18(22-16)26-3)13-6-11-10(8-20-24)4-5-19-17(11)21-13/h4-9,24H,1-3H3,(H,19,21)/b20-8+.